The molecule has 0 aromatic rings. The molecule has 5 aliphatic carbocycles. The minimum absolute atomic E-state index is 0.0202. The molecule has 10 rings (SSSR count). The molecule has 0 aromatic heterocycles. The van der Waals surface area contributed by atoms with Crippen LogP contribution >= 0.6 is 0 Å². The average molecular weight is 1090 g/mol. The Labute approximate surface area is 444 Å². The smallest absolute Gasteiger partial charge is 0.187 e. The number of hydrogen-bond donors (Lipinski definition) is 13. The minimum atomic E-state index is -1.99. The van der Waals surface area contributed by atoms with E-state index in [1.165, 1.54) is 13.8 Å². The highest BCUT2D eigenvalue weighted by molar-refractivity contribution is 5.36. The molecule has 2 bridgehead atoms. The molecule has 22 heteroatoms. The van der Waals surface area contributed by atoms with Crippen molar-refractivity contribution in [2.24, 2.45) is 50.2 Å². The molecular formula is C54H88O22. The lowest BCUT2D eigenvalue weighted by Gasteiger charge is -2.73. The normalized spacial score (nSPS) is 58.7. The van der Waals surface area contributed by atoms with Crippen LogP contribution in [-0.4, -0.2) is 233 Å². The van der Waals surface area contributed by atoms with Crippen LogP contribution < -0.4 is 0 Å². The zero-order chi connectivity index (χ0) is 55.2. The van der Waals surface area contributed by atoms with Crippen molar-refractivity contribution in [1.82, 2.24) is 0 Å². The number of allylic oxidation sites excluding steroid dienone is 1. The molecule has 1 spiro atoms. The second-order valence-electron chi connectivity index (χ2n) is 26.6. The summed E-state index contributed by atoms with van der Waals surface area (Å²) in [7, 11) is 0. The second-order valence-corrected chi connectivity index (χ2v) is 26.6. The first-order valence-corrected chi connectivity index (χ1v) is 27.8. The molecule has 4 saturated carbocycles. The lowest BCUT2D eigenvalue weighted by molar-refractivity contribution is -0.403. The summed E-state index contributed by atoms with van der Waals surface area (Å²) >= 11 is 0. The highest BCUT2D eigenvalue weighted by Gasteiger charge is 2.79. The zero-order valence-corrected chi connectivity index (χ0v) is 45.1. The Hall–Kier alpha value is -1.14. The van der Waals surface area contributed by atoms with Gasteiger partial charge < -0.3 is 109 Å². The van der Waals surface area contributed by atoms with Crippen LogP contribution in [0.3, 0.4) is 0 Å². The summed E-state index contributed by atoms with van der Waals surface area (Å²) in [6.45, 7) is 15.2. The van der Waals surface area contributed by atoms with E-state index in [1.54, 1.807) is 0 Å². The summed E-state index contributed by atoms with van der Waals surface area (Å²) in [5.41, 5.74) is -2.79. The van der Waals surface area contributed by atoms with E-state index >= 15 is 0 Å². The number of hydrogen-bond acceptors (Lipinski definition) is 22. The topological polar surface area (TPSA) is 346 Å². The summed E-state index contributed by atoms with van der Waals surface area (Å²) in [5.74, 6) is 0.0466. The van der Waals surface area contributed by atoms with Gasteiger partial charge in [-0.2, -0.15) is 0 Å². The summed E-state index contributed by atoms with van der Waals surface area (Å²) in [6, 6.07) is 0. The van der Waals surface area contributed by atoms with E-state index in [4.69, 9.17) is 42.6 Å². The van der Waals surface area contributed by atoms with Gasteiger partial charge in [0.1, 0.15) is 85.5 Å². The third-order valence-electron chi connectivity index (χ3n) is 22.1. The van der Waals surface area contributed by atoms with Gasteiger partial charge in [-0.3, -0.25) is 0 Å². The third kappa shape index (κ3) is 8.54. The Balaban J connectivity index is 0.953. The maximum Gasteiger partial charge on any atom is 0.187 e. The van der Waals surface area contributed by atoms with E-state index in [1.807, 2.05) is 6.92 Å². The Morgan fingerprint density at radius 1 is 0.526 bits per heavy atom. The van der Waals surface area contributed by atoms with Gasteiger partial charge in [0.05, 0.1) is 56.4 Å². The van der Waals surface area contributed by atoms with E-state index in [9.17, 15) is 66.4 Å². The first kappa shape index (κ1) is 58.1. The van der Waals surface area contributed by atoms with Crippen LogP contribution in [0.4, 0.5) is 0 Å². The van der Waals surface area contributed by atoms with Crippen molar-refractivity contribution in [3.05, 3.63) is 12.2 Å². The molecule has 13 N–H and O–H groups in total. The molecule has 0 aromatic carbocycles. The zero-order valence-electron chi connectivity index (χ0n) is 45.1. The van der Waals surface area contributed by atoms with Gasteiger partial charge in [-0.15, -0.1) is 0 Å². The van der Waals surface area contributed by atoms with Crippen LogP contribution in [0.25, 0.3) is 0 Å². The molecular weight excluding hydrogens is 1000 g/mol. The quantitative estimate of drug-likeness (QED) is 0.0823. The van der Waals surface area contributed by atoms with Crippen LogP contribution in [-0.2, 0) is 42.6 Å². The number of fused-ring (bicyclic) bond motifs is 4. The van der Waals surface area contributed by atoms with Crippen molar-refractivity contribution in [2.45, 2.75) is 247 Å². The van der Waals surface area contributed by atoms with Gasteiger partial charge >= 0.3 is 0 Å². The molecule has 5 saturated heterocycles. The first-order valence-electron chi connectivity index (χ1n) is 27.8. The Morgan fingerprint density at radius 3 is 1.76 bits per heavy atom. The number of ether oxygens (including phenoxy) is 9. The fraction of sp³-hybridized carbons (Fsp3) is 0.963. The van der Waals surface area contributed by atoms with E-state index in [0.717, 1.165) is 25.7 Å². The van der Waals surface area contributed by atoms with Gasteiger partial charge in [-0.1, -0.05) is 53.7 Å². The van der Waals surface area contributed by atoms with Crippen molar-refractivity contribution >= 4 is 0 Å². The van der Waals surface area contributed by atoms with Gasteiger partial charge in [-0.05, 0) is 93.3 Å². The van der Waals surface area contributed by atoms with Crippen molar-refractivity contribution < 1.29 is 109 Å². The van der Waals surface area contributed by atoms with Gasteiger partial charge in [0, 0.05) is 22.2 Å². The highest BCUT2D eigenvalue weighted by Crippen LogP contribution is 2.79. The van der Waals surface area contributed by atoms with E-state index in [2.05, 4.69) is 46.8 Å². The molecule has 22 nitrogen and oxygen atoms in total. The average Bonchev–Trinajstić information content (AvgIpc) is 3.89. The summed E-state index contributed by atoms with van der Waals surface area (Å²) in [4.78, 5) is 0. The molecule has 1 unspecified atom stereocenters. The van der Waals surface area contributed by atoms with Crippen LogP contribution in [0.5, 0.6) is 0 Å². The van der Waals surface area contributed by atoms with Crippen LogP contribution in [0.1, 0.15) is 107 Å². The highest BCUT2D eigenvalue weighted by atomic mass is 16.8. The molecule has 9 fully saturated rings. The minimum Gasteiger partial charge on any atom is -0.396 e. The maximum atomic E-state index is 12.3. The van der Waals surface area contributed by atoms with Crippen LogP contribution in [0, 0.1) is 50.2 Å². The Bertz CT molecular complexity index is 2100. The lowest BCUT2D eigenvalue weighted by Crippen LogP contribution is -2.72. The van der Waals surface area contributed by atoms with E-state index in [-0.39, 0.29) is 46.0 Å². The van der Waals surface area contributed by atoms with Crippen molar-refractivity contribution in [3.8, 4) is 0 Å². The molecule has 5 aliphatic heterocycles. The fourth-order valence-corrected chi connectivity index (χ4v) is 17.2. The molecule has 10 aliphatic rings. The molecule has 0 radical (unpaired) electrons. The summed E-state index contributed by atoms with van der Waals surface area (Å²) in [5, 5.41) is 144. The van der Waals surface area contributed by atoms with E-state index in [0.29, 0.717) is 32.3 Å². The molecule has 5 heterocycles. The standard InChI is InChI=1S/C54H88O22/c1-23-32(59)36(63)38(65)44(69-23)74-41-35(62)26(20-56)72-46(40(41)67)75-42-33(60)24(2)70-47(43(42)76-45-39(66)37(64)34(61)25(19-55)71-45)73-31-11-12-49(5)27(50(31,6)21-57)9-13-51(7)28(49)10-14-54-29-17-48(3,4)15-16-53(29,22-68-54)30(58)18-52(51,54)8/h10,14,23-47,55-67H,9,11-13,15-22H2,1-8H3/t23-,24+,25-,26+,27+,28+,29+,30-,31-,32-,33-,34+,35+,36+,37-,38+,39-,40+,41-,42-,43+,44-,45?,46-,47-,49-,50-,51+,52-,53+,54-/m0/s1. The number of rotatable bonds is 11. The first-order chi connectivity index (χ1) is 35.6. The van der Waals surface area contributed by atoms with Crippen LogP contribution in [0.2, 0.25) is 0 Å². The van der Waals surface area contributed by atoms with Crippen molar-refractivity contribution in [2.75, 3.05) is 26.4 Å². The monoisotopic (exact) mass is 1090 g/mol. The third-order valence-corrected chi connectivity index (χ3v) is 22.1. The fourth-order valence-electron chi connectivity index (χ4n) is 17.2. The van der Waals surface area contributed by atoms with Gasteiger partial charge in [0.25, 0.3) is 0 Å². The lowest BCUT2D eigenvalue weighted by atomic mass is 9.32. The maximum absolute atomic E-state index is 12.3. The van der Waals surface area contributed by atoms with Gasteiger partial charge in [-0.25, -0.2) is 0 Å². The summed E-state index contributed by atoms with van der Waals surface area (Å²) in [6.07, 6.45) is -23.8. The van der Waals surface area contributed by atoms with Gasteiger partial charge in [0.2, 0.25) is 0 Å². The number of aliphatic hydroxyl groups is 13. The predicted octanol–water partition coefficient (Wildman–Crippen LogP) is -1.55. The summed E-state index contributed by atoms with van der Waals surface area (Å²) < 4.78 is 56.6. The molecule has 0 amide bonds. The van der Waals surface area contributed by atoms with Crippen molar-refractivity contribution in [3.63, 3.8) is 0 Å². The molecule has 76 heavy (non-hydrogen) atoms. The Kier molecular flexibility index (Phi) is 15.5. The molecule has 31 atom stereocenters. The Morgan fingerprint density at radius 2 is 1.11 bits per heavy atom. The van der Waals surface area contributed by atoms with Crippen molar-refractivity contribution in [1.29, 1.82) is 0 Å². The molecule has 436 valence electrons. The predicted molar refractivity (Wildman–Crippen MR) is 261 cm³/mol. The van der Waals surface area contributed by atoms with Crippen LogP contribution in [0.15, 0.2) is 12.2 Å². The number of aliphatic hydroxyl groups excluding tert-OH is 13. The largest absolute Gasteiger partial charge is 0.396 e. The SMILES string of the molecule is C[C@@H]1O[C@@H](O[C@@H]2[C@@H](O)[C@H](O[C@H]3[C@@H](O)[C@@H](C)O[C@@H](O[C@H]4CC[C@@]5(C)[C@@H](CC[C@]6(C)[C@@H]5C=C[C@]57OC[C@@]8(CCC(C)(C)C[C@H]85)[C@@H](O)C[C@]76C)[C@]4(C)CO)[C@@H]3OC3O[C@@H](CO)[C@@H](O)[C@H](O)[C@@H]3O)O[C@H](CO)[C@H]2O)[C@H](O)[C@H](O)[C@H]1O. The van der Waals surface area contributed by atoms with E-state index < -0.39 is 165 Å². The van der Waals surface area contributed by atoms with Gasteiger partial charge in [0.15, 0.2) is 25.2 Å². The second kappa shape index (κ2) is 20.3.